The highest BCUT2D eigenvalue weighted by atomic mass is 35.5. The van der Waals surface area contributed by atoms with Crippen LogP contribution in [0.25, 0.3) is 0 Å². The van der Waals surface area contributed by atoms with Crippen LogP contribution in [0.3, 0.4) is 0 Å². The lowest BCUT2D eigenvalue weighted by Gasteiger charge is -2.54. The van der Waals surface area contributed by atoms with E-state index >= 15 is 0 Å². The summed E-state index contributed by atoms with van der Waals surface area (Å²) in [6, 6.07) is 2.08. The van der Waals surface area contributed by atoms with E-state index in [-0.39, 0.29) is 12.1 Å². The third kappa shape index (κ3) is 3.84. The van der Waals surface area contributed by atoms with Crippen LogP contribution in [0.2, 0.25) is 5.02 Å². The van der Waals surface area contributed by atoms with Gasteiger partial charge in [0.25, 0.3) is 0 Å². The summed E-state index contributed by atoms with van der Waals surface area (Å²) in [5.74, 6) is 2.97. The van der Waals surface area contributed by atoms with Crippen LogP contribution >= 0.6 is 11.6 Å². The zero-order valence-corrected chi connectivity index (χ0v) is 20.3. The van der Waals surface area contributed by atoms with Crippen LogP contribution in [0, 0.1) is 5.41 Å². The zero-order valence-electron chi connectivity index (χ0n) is 18.7. The van der Waals surface area contributed by atoms with E-state index in [4.69, 9.17) is 16.6 Å². The van der Waals surface area contributed by atoms with Crippen molar-refractivity contribution >= 4 is 33.9 Å². The van der Waals surface area contributed by atoms with Gasteiger partial charge in [0.1, 0.15) is 11.6 Å². The molecule has 0 amide bonds. The van der Waals surface area contributed by atoms with Gasteiger partial charge in [0.15, 0.2) is 0 Å². The van der Waals surface area contributed by atoms with Gasteiger partial charge in [-0.05, 0) is 44.9 Å². The summed E-state index contributed by atoms with van der Waals surface area (Å²) in [6.45, 7) is 2.14. The standard InChI is InChI=1S/C24H30ClN5O2S/c25-17-11-26-22(27-12-17)16-2-7-23(8-3-16)13-30(14-23)20-10-19(29-24(15-31)5-1-6-24)21-18(28-20)4-9-33(21)32/h10-12,16,31H,1-9,13-15H2,(H,28,29). The normalized spacial score (nSPS) is 25.4. The van der Waals surface area contributed by atoms with Crippen molar-refractivity contribution in [2.45, 2.75) is 67.7 Å². The zero-order chi connectivity index (χ0) is 22.6. The number of halogens is 1. The van der Waals surface area contributed by atoms with Crippen molar-refractivity contribution in [2.75, 3.05) is 35.7 Å². The summed E-state index contributed by atoms with van der Waals surface area (Å²) in [7, 11) is -1.01. The average Bonchev–Trinajstić information content (AvgIpc) is 3.16. The number of nitrogens with zero attached hydrogens (tertiary/aromatic N) is 4. The number of aryl methyl sites for hydroxylation is 1. The van der Waals surface area contributed by atoms with Gasteiger partial charge in [0.05, 0.1) is 44.2 Å². The molecule has 1 saturated heterocycles. The lowest BCUT2D eigenvalue weighted by atomic mass is 9.65. The van der Waals surface area contributed by atoms with E-state index in [0.29, 0.717) is 22.1 Å². The molecule has 9 heteroatoms. The second-order valence-corrected chi connectivity index (χ2v) is 12.4. The maximum Gasteiger partial charge on any atom is 0.131 e. The number of rotatable bonds is 5. The molecular weight excluding hydrogens is 458 g/mol. The van der Waals surface area contributed by atoms with Crippen molar-refractivity contribution in [3.63, 3.8) is 0 Å². The Hall–Kier alpha value is -1.77. The number of hydrogen-bond acceptors (Lipinski definition) is 7. The molecule has 1 unspecified atom stereocenters. The molecule has 6 rings (SSSR count). The summed E-state index contributed by atoms with van der Waals surface area (Å²) >= 11 is 5.94. The fraction of sp³-hybridized carbons (Fsp3) is 0.625. The highest BCUT2D eigenvalue weighted by Gasteiger charge is 2.47. The Labute approximate surface area is 201 Å². The van der Waals surface area contributed by atoms with Crippen LogP contribution in [-0.2, 0) is 17.2 Å². The minimum absolute atomic E-state index is 0.109. The molecule has 0 aromatic carbocycles. The largest absolute Gasteiger partial charge is 0.394 e. The van der Waals surface area contributed by atoms with Crippen molar-refractivity contribution in [1.29, 1.82) is 0 Å². The molecule has 0 radical (unpaired) electrons. The Morgan fingerprint density at radius 1 is 1.18 bits per heavy atom. The molecule has 2 aliphatic carbocycles. The fourth-order valence-corrected chi connectivity index (χ4v) is 7.46. The highest BCUT2D eigenvalue weighted by Crippen LogP contribution is 2.49. The third-order valence-electron chi connectivity index (χ3n) is 8.22. The molecule has 0 bridgehead atoms. The van der Waals surface area contributed by atoms with Crippen LogP contribution in [0.4, 0.5) is 11.5 Å². The molecule has 2 N–H and O–H groups in total. The first-order valence-electron chi connectivity index (χ1n) is 12.0. The Bertz CT molecular complexity index is 1070. The lowest BCUT2D eigenvalue weighted by Crippen LogP contribution is -2.58. The van der Waals surface area contributed by atoms with E-state index in [1.54, 1.807) is 12.4 Å². The smallest absolute Gasteiger partial charge is 0.131 e. The van der Waals surface area contributed by atoms with Crippen molar-refractivity contribution in [3.8, 4) is 0 Å². The molecule has 2 aromatic heterocycles. The second kappa shape index (κ2) is 8.17. The van der Waals surface area contributed by atoms with E-state index < -0.39 is 10.8 Å². The average molecular weight is 488 g/mol. The van der Waals surface area contributed by atoms with Gasteiger partial charge in [-0.15, -0.1) is 0 Å². The third-order valence-corrected chi connectivity index (χ3v) is 9.90. The molecule has 4 heterocycles. The van der Waals surface area contributed by atoms with E-state index in [9.17, 15) is 9.32 Å². The number of aliphatic hydroxyl groups excluding tert-OH is 1. The van der Waals surface area contributed by atoms with Crippen LogP contribution in [0.1, 0.15) is 62.4 Å². The van der Waals surface area contributed by atoms with Gasteiger partial charge in [-0.25, -0.2) is 15.0 Å². The lowest BCUT2D eigenvalue weighted by molar-refractivity contribution is 0.125. The molecule has 2 saturated carbocycles. The molecule has 1 spiro atoms. The number of hydrogen-bond donors (Lipinski definition) is 2. The maximum atomic E-state index is 12.7. The van der Waals surface area contributed by atoms with Gasteiger partial charge < -0.3 is 15.3 Å². The predicted octanol–water partition coefficient (Wildman–Crippen LogP) is 3.68. The van der Waals surface area contributed by atoms with Crippen LogP contribution in [0.5, 0.6) is 0 Å². The molecular formula is C24H30ClN5O2S. The number of aromatic nitrogens is 3. The van der Waals surface area contributed by atoms with E-state index in [1.807, 2.05) is 0 Å². The molecule has 2 aliphatic heterocycles. The minimum Gasteiger partial charge on any atom is -0.394 e. The van der Waals surface area contributed by atoms with Crippen molar-refractivity contribution in [2.24, 2.45) is 5.41 Å². The molecule has 4 aliphatic rings. The van der Waals surface area contributed by atoms with Gasteiger partial charge >= 0.3 is 0 Å². The van der Waals surface area contributed by atoms with Gasteiger partial charge in [0.2, 0.25) is 0 Å². The van der Waals surface area contributed by atoms with Gasteiger partial charge in [-0.2, -0.15) is 0 Å². The van der Waals surface area contributed by atoms with E-state index in [0.717, 1.165) is 79.5 Å². The number of nitrogens with one attached hydrogen (secondary N) is 1. The first kappa shape index (κ1) is 21.7. The van der Waals surface area contributed by atoms with Crippen molar-refractivity contribution in [3.05, 3.63) is 35.0 Å². The Morgan fingerprint density at radius 3 is 2.55 bits per heavy atom. The Balaban J connectivity index is 1.16. The molecule has 7 nitrogen and oxygen atoms in total. The van der Waals surface area contributed by atoms with Gasteiger partial charge in [0, 0.05) is 55.1 Å². The Kier molecular flexibility index (Phi) is 5.38. The molecule has 1 atom stereocenters. The van der Waals surface area contributed by atoms with Crippen LogP contribution in [-0.4, -0.2) is 55.3 Å². The fourth-order valence-electron chi connectivity index (χ4n) is 6.02. The molecule has 176 valence electrons. The topological polar surface area (TPSA) is 91.2 Å². The Morgan fingerprint density at radius 2 is 1.91 bits per heavy atom. The maximum absolute atomic E-state index is 12.7. The summed E-state index contributed by atoms with van der Waals surface area (Å²) in [4.78, 5) is 17.0. The van der Waals surface area contributed by atoms with Crippen molar-refractivity contribution < 1.29 is 9.32 Å². The summed E-state index contributed by atoms with van der Waals surface area (Å²) in [6.07, 6.45) is 11.7. The summed E-state index contributed by atoms with van der Waals surface area (Å²) < 4.78 is 12.7. The quantitative estimate of drug-likeness (QED) is 0.664. The van der Waals surface area contributed by atoms with Crippen molar-refractivity contribution in [1.82, 2.24) is 15.0 Å². The molecule has 33 heavy (non-hydrogen) atoms. The van der Waals surface area contributed by atoms with Crippen LogP contribution < -0.4 is 10.2 Å². The second-order valence-electron chi connectivity index (χ2n) is 10.4. The first-order valence-corrected chi connectivity index (χ1v) is 13.7. The minimum atomic E-state index is -1.01. The van der Waals surface area contributed by atoms with E-state index in [1.165, 1.54) is 12.8 Å². The van der Waals surface area contributed by atoms with Gasteiger partial charge in [-0.1, -0.05) is 11.6 Å². The van der Waals surface area contributed by atoms with E-state index in [2.05, 4.69) is 26.3 Å². The number of fused-ring (bicyclic) bond motifs is 1. The SMILES string of the molecule is O=S1CCc2nc(N3CC4(CCC(c5ncc(Cl)cn5)CC4)C3)cc(NC3(CO)CCC3)c21. The summed E-state index contributed by atoms with van der Waals surface area (Å²) in [5.41, 5.74) is 1.96. The number of aliphatic hydroxyl groups is 1. The number of pyridine rings is 1. The monoisotopic (exact) mass is 487 g/mol. The predicted molar refractivity (Wildman–Crippen MR) is 129 cm³/mol. The molecule has 2 aromatic rings. The van der Waals surface area contributed by atoms with Gasteiger partial charge in [-0.3, -0.25) is 4.21 Å². The first-order chi connectivity index (χ1) is 16.0. The number of anilines is 2. The van der Waals surface area contributed by atoms with Crippen LogP contribution in [0.15, 0.2) is 23.4 Å². The summed E-state index contributed by atoms with van der Waals surface area (Å²) in [5, 5.41) is 14.1. The molecule has 3 fully saturated rings. The highest BCUT2D eigenvalue weighted by molar-refractivity contribution is 7.85.